The van der Waals surface area contributed by atoms with Crippen molar-refractivity contribution in [3.8, 4) is 0 Å². The Balaban J connectivity index is 1.43. The summed E-state index contributed by atoms with van der Waals surface area (Å²) >= 11 is 0. The number of hydrogen-bond donors (Lipinski definition) is 2. The third kappa shape index (κ3) is 4.91. The lowest BCUT2D eigenvalue weighted by atomic mass is 10.1. The molecule has 0 aliphatic carbocycles. The van der Waals surface area contributed by atoms with Crippen molar-refractivity contribution in [1.29, 1.82) is 0 Å². The fraction of sp³-hybridized carbons (Fsp3) is 0.381. The number of carbonyl (C=O) groups is 1. The van der Waals surface area contributed by atoms with Gasteiger partial charge in [-0.3, -0.25) is 9.69 Å². The Bertz CT molecular complexity index is 714. The van der Waals surface area contributed by atoms with Gasteiger partial charge in [0.05, 0.1) is 6.54 Å². The lowest BCUT2D eigenvalue weighted by molar-refractivity contribution is -0.115. The number of nitrogens with one attached hydrogen (secondary N) is 2. The van der Waals surface area contributed by atoms with Crippen LogP contribution in [0.1, 0.15) is 23.1 Å². The fourth-order valence-corrected chi connectivity index (χ4v) is 3.30. The van der Waals surface area contributed by atoms with Gasteiger partial charge in [0, 0.05) is 31.4 Å². The Morgan fingerprint density at radius 1 is 1.12 bits per heavy atom. The molecule has 0 bridgehead atoms. The maximum absolute atomic E-state index is 12.2. The number of rotatable bonds is 6. The number of carbonyl (C=O) groups excluding carboxylic acids is 1. The highest BCUT2D eigenvalue weighted by atomic mass is 16.1. The summed E-state index contributed by atoms with van der Waals surface area (Å²) in [6, 6.07) is 16.9. The normalized spacial score (nSPS) is 17.6. The zero-order valence-electron chi connectivity index (χ0n) is 15.1. The second-order valence-electron chi connectivity index (χ2n) is 6.88. The molecule has 1 heterocycles. The van der Waals surface area contributed by atoms with Gasteiger partial charge in [-0.1, -0.05) is 42.5 Å². The van der Waals surface area contributed by atoms with Gasteiger partial charge < -0.3 is 10.6 Å². The summed E-state index contributed by atoms with van der Waals surface area (Å²) < 4.78 is 0. The molecule has 0 spiro atoms. The number of aryl methyl sites for hydroxylation is 1. The molecule has 1 saturated heterocycles. The summed E-state index contributed by atoms with van der Waals surface area (Å²) in [6.45, 7) is 7.50. The predicted molar refractivity (Wildman–Crippen MR) is 103 cm³/mol. The molecule has 1 aliphatic heterocycles. The third-order valence-corrected chi connectivity index (χ3v) is 4.95. The van der Waals surface area contributed by atoms with E-state index in [0.29, 0.717) is 12.6 Å². The molecule has 1 aliphatic rings. The van der Waals surface area contributed by atoms with Crippen molar-refractivity contribution in [3.05, 3.63) is 65.2 Å². The Kier molecular flexibility index (Phi) is 5.84. The molecule has 25 heavy (non-hydrogen) atoms. The minimum absolute atomic E-state index is 0.0233. The van der Waals surface area contributed by atoms with Gasteiger partial charge in [0.2, 0.25) is 5.91 Å². The number of amides is 1. The van der Waals surface area contributed by atoms with Crippen LogP contribution in [0.4, 0.5) is 5.69 Å². The van der Waals surface area contributed by atoms with E-state index in [4.69, 9.17) is 0 Å². The van der Waals surface area contributed by atoms with Crippen LogP contribution in [0.3, 0.4) is 0 Å². The number of anilines is 1. The first kappa shape index (κ1) is 17.6. The van der Waals surface area contributed by atoms with Crippen LogP contribution in [0.15, 0.2) is 48.5 Å². The molecular weight excluding hydrogens is 310 g/mol. The molecule has 1 fully saturated rings. The molecule has 3 rings (SSSR count). The van der Waals surface area contributed by atoms with Gasteiger partial charge in [0.15, 0.2) is 0 Å². The Labute approximate surface area is 150 Å². The minimum atomic E-state index is 0.0233. The summed E-state index contributed by atoms with van der Waals surface area (Å²) in [6.07, 6.45) is 1.09. The van der Waals surface area contributed by atoms with Crippen molar-refractivity contribution < 1.29 is 4.79 Å². The third-order valence-electron chi connectivity index (χ3n) is 4.95. The largest absolute Gasteiger partial charge is 0.325 e. The van der Waals surface area contributed by atoms with Crippen LogP contribution in [0.25, 0.3) is 0 Å². The summed E-state index contributed by atoms with van der Waals surface area (Å²) in [5, 5.41) is 6.41. The number of likely N-dealkylation sites (tertiary alicyclic amines) is 1. The van der Waals surface area contributed by atoms with Crippen LogP contribution in [-0.4, -0.2) is 36.5 Å². The molecule has 0 saturated carbocycles. The van der Waals surface area contributed by atoms with Crippen molar-refractivity contribution in [3.63, 3.8) is 0 Å². The number of nitrogens with zero attached hydrogens (tertiary/aromatic N) is 1. The molecule has 0 radical (unpaired) electrons. The lowest BCUT2D eigenvalue weighted by Crippen LogP contribution is -2.38. The fourth-order valence-electron chi connectivity index (χ4n) is 3.30. The molecule has 2 aromatic rings. The van der Waals surface area contributed by atoms with Gasteiger partial charge in [0.25, 0.3) is 0 Å². The molecule has 2 aromatic carbocycles. The SMILES string of the molecule is Cc1cccc(NC(=O)CN[C@H]2CCN(Cc3ccccc3)C2)c1C. The van der Waals surface area contributed by atoms with Crippen molar-refractivity contribution in [1.82, 2.24) is 10.2 Å². The average Bonchev–Trinajstić information content (AvgIpc) is 3.05. The van der Waals surface area contributed by atoms with Crippen LogP contribution >= 0.6 is 0 Å². The monoisotopic (exact) mass is 337 g/mol. The maximum atomic E-state index is 12.2. The van der Waals surface area contributed by atoms with E-state index in [9.17, 15) is 4.79 Å². The van der Waals surface area contributed by atoms with Crippen LogP contribution in [0.5, 0.6) is 0 Å². The first-order valence-corrected chi connectivity index (χ1v) is 8.97. The van der Waals surface area contributed by atoms with Gasteiger partial charge in [-0.05, 0) is 43.0 Å². The van der Waals surface area contributed by atoms with Crippen LogP contribution in [0, 0.1) is 13.8 Å². The standard InChI is InChI=1S/C21H27N3O/c1-16-7-6-10-20(17(16)2)23-21(25)13-22-19-11-12-24(15-19)14-18-8-4-3-5-9-18/h3-10,19,22H,11-15H2,1-2H3,(H,23,25)/t19-/m0/s1. The van der Waals surface area contributed by atoms with Gasteiger partial charge in [-0.15, -0.1) is 0 Å². The molecule has 2 N–H and O–H groups in total. The van der Waals surface area contributed by atoms with E-state index in [1.807, 2.05) is 25.1 Å². The molecule has 4 heteroatoms. The highest BCUT2D eigenvalue weighted by Gasteiger charge is 2.22. The first-order chi connectivity index (χ1) is 12.1. The van der Waals surface area contributed by atoms with Gasteiger partial charge in [-0.2, -0.15) is 0 Å². The van der Waals surface area contributed by atoms with Crippen molar-refractivity contribution in [2.45, 2.75) is 32.9 Å². The molecule has 4 nitrogen and oxygen atoms in total. The van der Waals surface area contributed by atoms with E-state index in [1.165, 1.54) is 11.1 Å². The number of hydrogen-bond acceptors (Lipinski definition) is 3. The van der Waals surface area contributed by atoms with Gasteiger partial charge in [-0.25, -0.2) is 0 Å². The van der Waals surface area contributed by atoms with E-state index >= 15 is 0 Å². The maximum Gasteiger partial charge on any atom is 0.238 e. The van der Waals surface area contributed by atoms with E-state index in [2.05, 4.69) is 52.8 Å². The van der Waals surface area contributed by atoms with Crippen molar-refractivity contribution >= 4 is 11.6 Å². The van der Waals surface area contributed by atoms with E-state index in [-0.39, 0.29) is 5.91 Å². The van der Waals surface area contributed by atoms with E-state index < -0.39 is 0 Å². The first-order valence-electron chi connectivity index (χ1n) is 8.97. The minimum Gasteiger partial charge on any atom is -0.325 e. The van der Waals surface area contributed by atoms with E-state index in [1.54, 1.807) is 0 Å². The van der Waals surface area contributed by atoms with Crippen molar-refractivity contribution in [2.24, 2.45) is 0 Å². The predicted octanol–water partition coefficient (Wildman–Crippen LogP) is 3.11. The average molecular weight is 337 g/mol. The molecule has 0 aromatic heterocycles. The highest BCUT2D eigenvalue weighted by molar-refractivity contribution is 5.93. The smallest absolute Gasteiger partial charge is 0.238 e. The topological polar surface area (TPSA) is 44.4 Å². The zero-order chi connectivity index (χ0) is 17.6. The highest BCUT2D eigenvalue weighted by Crippen LogP contribution is 2.18. The number of benzene rings is 2. The molecule has 1 amide bonds. The van der Waals surface area contributed by atoms with Crippen LogP contribution in [0.2, 0.25) is 0 Å². The van der Waals surface area contributed by atoms with Gasteiger partial charge >= 0.3 is 0 Å². The molecule has 1 atom stereocenters. The zero-order valence-corrected chi connectivity index (χ0v) is 15.1. The van der Waals surface area contributed by atoms with E-state index in [0.717, 1.165) is 37.3 Å². The Morgan fingerprint density at radius 3 is 2.72 bits per heavy atom. The van der Waals surface area contributed by atoms with Crippen LogP contribution < -0.4 is 10.6 Å². The van der Waals surface area contributed by atoms with Crippen molar-refractivity contribution in [2.75, 3.05) is 25.0 Å². The Hall–Kier alpha value is -2.17. The summed E-state index contributed by atoms with van der Waals surface area (Å²) in [4.78, 5) is 14.7. The molecule has 132 valence electrons. The molecule has 0 unspecified atom stereocenters. The molecular formula is C21H27N3O. The summed E-state index contributed by atoms with van der Waals surface area (Å²) in [5.74, 6) is 0.0233. The second-order valence-corrected chi connectivity index (χ2v) is 6.88. The van der Waals surface area contributed by atoms with Gasteiger partial charge in [0.1, 0.15) is 0 Å². The summed E-state index contributed by atoms with van der Waals surface area (Å²) in [7, 11) is 0. The lowest BCUT2D eigenvalue weighted by Gasteiger charge is -2.17. The summed E-state index contributed by atoms with van der Waals surface area (Å²) in [5.41, 5.74) is 4.57. The van der Waals surface area contributed by atoms with Crippen LogP contribution in [-0.2, 0) is 11.3 Å². The second kappa shape index (κ2) is 8.28. The quantitative estimate of drug-likeness (QED) is 0.851. The Morgan fingerprint density at radius 2 is 1.92 bits per heavy atom.